The van der Waals surface area contributed by atoms with Crippen molar-refractivity contribution in [3.05, 3.63) is 65.2 Å². The first kappa shape index (κ1) is 14.6. The van der Waals surface area contributed by atoms with Crippen LogP contribution in [0.4, 0.5) is 0 Å². The van der Waals surface area contributed by atoms with Crippen molar-refractivity contribution in [2.24, 2.45) is 11.7 Å². The van der Waals surface area contributed by atoms with Crippen LogP contribution >= 0.6 is 11.6 Å². The van der Waals surface area contributed by atoms with Crippen LogP contribution in [0.1, 0.15) is 11.5 Å². The highest BCUT2D eigenvalue weighted by Crippen LogP contribution is 2.53. The molecular weight excluding hydrogens is 306 g/mol. The van der Waals surface area contributed by atoms with E-state index in [1.165, 1.54) is 0 Å². The van der Waals surface area contributed by atoms with Crippen molar-refractivity contribution in [2.75, 3.05) is 6.54 Å². The van der Waals surface area contributed by atoms with Crippen molar-refractivity contribution >= 4 is 21.4 Å². The molecule has 2 aromatic carbocycles. The second kappa shape index (κ2) is 5.44. The first-order chi connectivity index (χ1) is 10.1. The molecule has 3 atom stereocenters. The standard InChI is InChI=1S/C16H16ClNO2S/c17-12-8-6-11(7-9-12)15-14(10-18)16(15)21(19,20)13-4-2-1-3-5-13/h1-9,14-16H,10,18H2/t14-,15+,16+/m1/s1. The molecule has 21 heavy (non-hydrogen) atoms. The van der Waals surface area contributed by atoms with Gasteiger partial charge in [0.15, 0.2) is 9.84 Å². The third-order valence-corrected chi connectivity index (χ3v) is 6.59. The van der Waals surface area contributed by atoms with Gasteiger partial charge in [0.1, 0.15) is 0 Å². The summed E-state index contributed by atoms with van der Waals surface area (Å²) in [5.74, 6) is -0.0751. The predicted molar refractivity (Wildman–Crippen MR) is 84.2 cm³/mol. The van der Waals surface area contributed by atoms with Crippen LogP contribution in [0.3, 0.4) is 0 Å². The Morgan fingerprint density at radius 2 is 1.62 bits per heavy atom. The van der Waals surface area contributed by atoms with E-state index in [2.05, 4.69) is 0 Å². The van der Waals surface area contributed by atoms with Gasteiger partial charge in [0, 0.05) is 10.9 Å². The second-order valence-electron chi connectivity index (χ2n) is 5.30. The van der Waals surface area contributed by atoms with Crippen molar-refractivity contribution in [1.82, 2.24) is 0 Å². The molecule has 3 rings (SSSR count). The zero-order valence-corrected chi connectivity index (χ0v) is 12.9. The van der Waals surface area contributed by atoms with Gasteiger partial charge in [-0.2, -0.15) is 0 Å². The Balaban J connectivity index is 1.94. The van der Waals surface area contributed by atoms with Crippen LogP contribution in [-0.4, -0.2) is 20.2 Å². The summed E-state index contributed by atoms with van der Waals surface area (Å²) in [6, 6.07) is 15.9. The fraction of sp³-hybridized carbons (Fsp3) is 0.250. The molecule has 0 spiro atoms. The van der Waals surface area contributed by atoms with Crippen molar-refractivity contribution in [2.45, 2.75) is 16.1 Å². The minimum absolute atomic E-state index is 0.0311. The molecule has 3 nitrogen and oxygen atoms in total. The van der Waals surface area contributed by atoms with Crippen molar-refractivity contribution in [3.63, 3.8) is 0 Å². The Morgan fingerprint density at radius 1 is 1.00 bits per heavy atom. The first-order valence-corrected chi connectivity index (χ1v) is 8.72. The van der Waals surface area contributed by atoms with Gasteiger partial charge in [0.25, 0.3) is 0 Å². The highest BCUT2D eigenvalue weighted by atomic mass is 35.5. The number of hydrogen-bond acceptors (Lipinski definition) is 3. The quantitative estimate of drug-likeness (QED) is 0.942. The number of nitrogens with two attached hydrogens (primary N) is 1. The van der Waals surface area contributed by atoms with Crippen LogP contribution in [0, 0.1) is 5.92 Å². The molecule has 2 N–H and O–H groups in total. The Labute approximate surface area is 129 Å². The van der Waals surface area contributed by atoms with Crippen LogP contribution in [-0.2, 0) is 9.84 Å². The lowest BCUT2D eigenvalue weighted by molar-refractivity contribution is 0.591. The smallest absolute Gasteiger partial charge is 0.182 e. The molecule has 1 saturated carbocycles. The van der Waals surface area contributed by atoms with E-state index in [9.17, 15) is 8.42 Å². The lowest BCUT2D eigenvalue weighted by Crippen LogP contribution is -2.13. The fourth-order valence-electron chi connectivity index (χ4n) is 2.94. The van der Waals surface area contributed by atoms with E-state index in [0.29, 0.717) is 16.5 Å². The van der Waals surface area contributed by atoms with Crippen LogP contribution in [0.5, 0.6) is 0 Å². The average molecular weight is 322 g/mol. The van der Waals surface area contributed by atoms with E-state index in [1.54, 1.807) is 36.4 Å². The van der Waals surface area contributed by atoms with Gasteiger partial charge in [-0.15, -0.1) is 0 Å². The van der Waals surface area contributed by atoms with Gasteiger partial charge >= 0.3 is 0 Å². The summed E-state index contributed by atoms with van der Waals surface area (Å²) in [4.78, 5) is 0.366. The lowest BCUT2D eigenvalue weighted by Gasteiger charge is -2.04. The molecule has 1 aliphatic rings. The van der Waals surface area contributed by atoms with E-state index in [-0.39, 0.29) is 11.8 Å². The maximum Gasteiger partial charge on any atom is 0.182 e. The average Bonchev–Trinajstić information content (AvgIpc) is 3.24. The first-order valence-electron chi connectivity index (χ1n) is 6.80. The van der Waals surface area contributed by atoms with Crippen LogP contribution in [0.15, 0.2) is 59.5 Å². The molecule has 110 valence electrons. The summed E-state index contributed by atoms with van der Waals surface area (Å²) in [5.41, 5.74) is 6.75. The lowest BCUT2D eigenvalue weighted by atomic mass is 10.1. The molecule has 1 fully saturated rings. The predicted octanol–water partition coefficient (Wildman–Crippen LogP) is 2.85. The molecule has 0 amide bonds. The van der Waals surface area contributed by atoms with E-state index < -0.39 is 15.1 Å². The maximum absolute atomic E-state index is 12.7. The molecule has 0 bridgehead atoms. The van der Waals surface area contributed by atoms with Crippen molar-refractivity contribution in [3.8, 4) is 0 Å². The van der Waals surface area contributed by atoms with Gasteiger partial charge in [0.05, 0.1) is 10.1 Å². The number of benzene rings is 2. The Kier molecular flexibility index (Phi) is 3.78. The normalized spacial score (nSPS) is 24.8. The maximum atomic E-state index is 12.7. The summed E-state index contributed by atoms with van der Waals surface area (Å²) < 4.78 is 25.5. The third kappa shape index (κ3) is 2.59. The number of hydrogen-bond donors (Lipinski definition) is 1. The number of halogens is 1. The molecule has 0 heterocycles. The van der Waals surface area contributed by atoms with Crippen LogP contribution in [0.2, 0.25) is 5.02 Å². The van der Waals surface area contributed by atoms with E-state index in [4.69, 9.17) is 17.3 Å². The highest BCUT2D eigenvalue weighted by Gasteiger charge is 2.57. The Morgan fingerprint density at radius 3 is 2.19 bits per heavy atom. The van der Waals surface area contributed by atoms with E-state index in [0.717, 1.165) is 5.56 Å². The van der Waals surface area contributed by atoms with Gasteiger partial charge < -0.3 is 5.73 Å². The number of rotatable bonds is 4. The second-order valence-corrected chi connectivity index (χ2v) is 7.84. The molecule has 2 aromatic rings. The minimum Gasteiger partial charge on any atom is -0.330 e. The molecular formula is C16H16ClNO2S. The van der Waals surface area contributed by atoms with E-state index in [1.807, 2.05) is 18.2 Å². The number of sulfone groups is 1. The fourth-order valence-corrected chi connectivity index (χ4v) is 5.31. The molecule has 0 aromatic heterocycles. The Bertz CT molecular complexity index is 729. The monoisotopic (exact) mass is 321 g/mol. The zero-order valence-electron chi connectivity index (χ0n) is 11.3. The van der Waals surface area contributed by atoms with Gasteiger partial charge in [-0.25, -0.2) is 8.42 Å². The van der Waals surface area contributed by atoms with Crippen molar-refractivity contribution < 1.29 is 8.42 Å². The zero-order chi connectivity index (χ0) is 15.0. The minimum atomic E-state index is -3.35. The third-order valence-electron chi connectivity index (χ3n) is 4.05. The van der Waals surface area contributed by atoms with Gasteiger partial charge in [-0.3, -0.25) is 0 Å². The summed E-state index contributed by atoms with van der Waals surface area (Å²) >= 11 is 5.89. The van der Waals surface area contributed by atoms with Crippen LogP contribution in [0.25, 0.3) is 0 Å². The summed E-state index contributed by atoms with van der Waals surface area (Å²) in [6.45, 7) is 0.365. The largest absolute Gasteiger partial charge is 0.330 e. The van der Waals surface area contributed by atoms with Gasteiger partial charge in [-0.05, 0) is 42.3 Å². The summed E-state index contributed by atoms with van der Waals surface area (Å²) in [5, 5.41) is 0.206. The molecule has 5 heteroatoms. The summed E-state index contributed by atoms with van der Waals surface area (Å²) in [7, 11) is -3.35. The van der Waals surface area contributed by atoms with Crippen molar-refractivity contribution in [1.29, 1.82) is 0 Å². The summed E-state index contributed by atoms with van der Waals surface area (Å²) in [6.07, 6.45) is 0. The topological polar surface area (TPSA) is 60.2 Å². The molecule has 0 aliphatic heterocycles. The SMILES string of the molecule is NC[C@@H]1[C@H](c2ccc(Cl)cc2)[C@H]1S(=O)(=O)c1ccccc1. The van der Waals surface area contributed by atoms with E-state index >= 15 is 0 Å². The van der Waals surface area contributed by atoms with Gasteiger partial charge in [-0.1, -0.05) is 41.9 Å². The molecule has 0 unspecified atom stereocenters. The van der Waals surface area contributed by atoms with Gasteiger partial charge in [0.2, 0.25) is 0 Å². The molecule has 1 aliphatic carbocycles. The van der Waals surface area contributed by atoms with Crippen LogP contribution < -0.4 is 5.73 Å². The highest BCUT2D eigenvalue weighted by molar-refractivity contribution is 7.92. The molecule has 0 radical (unpaired) electrons. The molecule has 0 saturated heterocycles. The Hall–Kier alpha value is -1.36.